The molecule has 1 aromatic rings. The number of aryl methyl sites for hydroxylation is 1. The summed E-state index contributed by atoms with van der Waals surface area (Å²) in [5, 5.41) is 0. The highest BCUT2D eigenvalue weighted by atomic mass is 35.5. The Labute approximate surface area is 189 Å². The Morgan fingerprint density at radius 1 is 0.517 bits per heavy atom. The average Bonchev–Trinajstić information content (AvgIpc) is 2.68. The first-order valence-corrected chi connectivity index (χ1v) is 12.6. The average molecular weight is 424 g/mol. The van der Waals surface area contributed by atoms with Crippen molar-refractivity contribution >= 4 is 0 Å². The van der Waals surface area contributed by atoms with E-state index in [0.717, 1.165) is 6.54 Å². The van der Waals surface area contributed by atoms with Crippen LogP contribution in [-0.4, -0.2) is 14.1 Å². The highest BCUT2D eigenvalue weighted by Crippen LogP contribution is 2.14. The maximum atomic E-state index is 2.34. The molecule has 0 saturated heterocycles. The van der Waals surface area contributed by atoms with Gasteiger partial charge in [0.05, 0.1) is 14.1 Å². The van der Waals surface area contributed by atoms with Crippen molar-refractivity contribution in [3.63, 3.8) is 0 Å². The molecule has 0 aliphatic rings. The lowest BCUT2D eigenvalue weighted by Gasteiger charge is -2.08. The number of nitrogens with one attached hydrogen (secondary N) is 1. The Hall–Kier alpha value is -0.530. The van der Waals surface area contributed by atoms with Crippen LogP contribution in [0.4, 0.5) is 0 Å². The Morgan fingerprint density at radius 2 is 0.862 bits per heavy atom. The van der Waals surface area contributed by atoms with Crippen molar-refractivity contribution < 1.29 is 17.3 Å². The molecule has 0 amide bonds. The number of unbranched alkanes of at least 4 members (excludes halogenated alkanes) is 15. The minimum absolute atomic E-state index is 0. The van der Waals surface area contributed by atoms with E-state index in [9.17, 15) is 0 Å². The number of quaternary nitrogens is 1. The molecule has 1 N–H and O–H groups in total. The van der Waals surface area contributed by atoms with Crippen molar-refractivity contribution in [1.82, 2.24) is 0 Å². The molecule has 0 spiro atoms. The first-order valence-electron chi connectivity index (χ1n) is 12.6. The van der Waals surface area contributed by atoms with Gasteiger partial charge < -0.3 is 17.3 Å². The van der Waals surface area contributed by atoms with Crippen LogP contribution in [0, 0.1) is 0 Å². The summed E-state index contributed by atoms with van der Waals surface area (Å²) < 4.78 is 0. The molecule has 29 heavy (non-hydrogen) atoms. The van der Waals surface area contributed by atoms with Gasteiger partial charge in [-0.2, -0.15) is 0 Å². The molecule has 1 nitrogen and oxygen atoms in total. The molecule has 0 unspecified atom stereocenters. The molecule has 0 aliphatic heterocycles. The third kappa shape index (κ3) is 18.0. The third-order valence-electron chi connectivity index (χ3n) is 5.90. The standard InChI is InChI=1S/C27H49N.ClH/c1-4-5-6-7-8-9-10-11-12-13-14-15-16-17-18-19-20-26-21-23-27(24-22-26)25-28(2)3;/h21-24H,4-20,25H2,1-3H3;1H. The largest absolute Gasteiger partial charge is 1.00 e. The Kier molecular flexibility index (Phi) is 20.4. The summed E-state index contributed by atoms with van der Waals surface area (Å²) in [4.78, 5) is 1.49. The quantitative estimate of drug-likeness (QED) is 0.319. The molecular formula is C27H50ClN. The summed E-state index contributed by atoms with van der Waals surface area (Å²) in [5.41, 5.74) is 2.97. The molecule has 1 aromatic carbocycles. The minimum Gasteiger partial charge on any atom is -1.00 e. The van der Waals surface area contributed by atoms with E-state index in [4.69, 9.17) is 0 Å². The van der Waals surface area contributed by atoms with Gasteiger partial charge in [-0.25, -0.2) is 0 Å². The van der Waals surface area contributed by atoms with Crippen LogP contribution in [0.1, 0.15) is 121 Å². The third-order valence-corrected chi connectivity index (χ3v) is 5.90. The molecule has 0 aromatic heterocycles. The van der Waals surface area contributed by atoms with E-state index in [2.05, 4.69) is 45.3 Å². The van der Waals surface area contributed by atoms with E-state index in [1.165, 1.54) is 125 Å². The fourth-order valence-electron chi connectivity index (χ4n) is 4.11. The number of hydrogen-bond donors (Lipinski definition) is 1. The molecule has 0 atom stereocenters. The van der Waals surface area contributed by atoms with Crippen LogP contribution < -0.4 is 17.3 Å². The van der Waals surface area contributed by atoms with Crippen molar-refractivity contribution in [3.05, 3.63) is 35.4 Å². The van der Waals surface area contributed by atoms with Gasteiger partial charge >= 0.3 is 0 Å². The summed E-state index contributed by atoms with van der Waals surface area (Å²) in [7, 11) is 4.43. The fourth-order valence-corrected chi connectivity index (χ4v) is 4.11. The van der Waals surface area contributed by atoms with Gasteiger partial charge in [-0.15, -0.1) is 0 Å². The van der Waals surface area contributed by atoms with Crippen molar-refractivity contribution in [3.8, 4) is 0 Å². The van der Waals surface area contributed by atoms with Crippen LogP contribution >= 0.6 is 0 Å². The van der Waals surface area contributed by atoms with Crippen LogP contribution in [0.5, 0.6) is 0 Å². The van der Waals surface area contributed by atoms with Gasteiger partial charge in [0, 0.05) is 5.56 Å². The normalized spacial score (nSPS) is 11.0. The first kappa shape index (κ1) is 28.5. The van der Waals surface area contributed by atoms with E-state index in [0.29, 0.717) is 0 Å². The zero-order valence-electron chi connectivity index (χ0n) is 19.9. The molecule has 0 fully saturated rings. The molecule has 0 saturated carbocycles. The Bertz CT molecular complexity index is 440. The van der Waals surface area contributed by atoms with E-state index in [-0.39, 0.29) is 12.4 Å². The van der Waals surface area contributed by atoms with Gasteiger partial charge in [-0.05, 0) is 18.4 Å². The molecule has 170 valence electrons. The zero-order chi connectivity index (χ0) is 20.3. The number of rotatable bonds is 19. The van der Waals surface area contributed by atoms with Crippen LogP contribution in [-0.2, 0) is 13.0 Å². The zero-order valence-corrected chi connectivity index (χ0v) is 20.7. The number of hydrogen-bond acceptors (Lipinski definition) is 0. The summed E-state index contributed by atoms with van der Waals surface area (Å²) in [6, 6.07) is 9.30. The molecule has 0 aliphatic carbocycles. The topological polar surface area (TPSA) is 4.44 Å². The molecule has 2 heteroatoms. The summed E-state index contributed by atoms with van der Waals surface area (Å²) in [6.07, 6.45) is 24.4. The Balaban J connectivity index is 0.00000784. The highest BCUT2D eigenvalue weighted by molar-refractivity contribution is 5.21. The number of halogens is 1. The van der Waals surface area contributed by atoms with Crippen LogP contribution in [0.3, 0.4) is 0 Å². The van der Waals surface area contributed by atoms with Crippen LogP contribution in [0.15, 0.2) is 24.3 Å². The van der Waals surface area contributed by atoms with Gasteiger partial charge in [-0.1, -0.05) is 128 Å². The predicted molar refractivity (Wildman–Crippen MR) is 126 cm³/mol. The maximum Gasteiger partial charge on any atom is 0.102 e. The monoisotopic (exact) mass is 423 g/mol. The van der Waals surface area contributed by atoms with Crippen molar-refractivity contribution in [2.24, 2.45) is 0 Å². The lowest BCUT2D eigenvalue weighted by atomic mass is 10.0. The maximum absolute atomic E-state index is 2.34. The van der Waals surface area contributed by atoms with E-state index >= 15 is 0 Å². The van der Waals surface area contributed by atoms with Gasteiger partial charge in [0.2, 0.25) is 0 Å². The molecule has 0 bridgehead atoms. The van der Waals surface area contributed by atoms with E-state index in [1.807, 2.05) is 0 Å². The van der Waals surface area contributed by atoms with Crippen LogP contribution in [0.25, 0.3) is 0 Å². The van der Waals surface area contributed by atoms with Gasteiger partial charge in [0.15, 0.2) is 0 Å². The van der Waals surface area contributed by atoms with E-state index in [1.54, 1.807) is 0 Å². The second kappa shape index (κ2) is 20.7. The second-order valence-corrected chi connectivity index (χ2v) is 9.25. The van der Waals surface area contributed by atoms with Crippen molar-refractivity contribution in [2.75, 3.05) is 14.1 Å². The second-order valence-electron chi connectivity index (χ2n) is 9.25. The number of benzene rings is 1. The molecule has 0 radical (unpaired) electrons. The van der Waals surface area contributed by atoms with Crippen molar-refractivity contribution in [1.29, 1.82) is 0 Å². The smallest absolute Gasteiger partial charge is 0.102 e. The van der Waals surface area contributed by atoms with Crippen LogP contribution in [0.2, 0.25) is 0 Å². The molecular weight excluding hydrogens is 374 g/mol. The Morgan fingerprint density at radius 3 is 1.24 bits per heavy atom. The van der Waals surface area contributed by atoms with Gasteiger partial charge in [-0.3, -0.25) is 0 Å². The summed E-state index contributed by atoms with van der Waals surface area (Å²) >= 11 is 0. The van der Waals surface area contributed by atoms with E-state index < -0.39 is 0 Å². The van der Waals surface area contributed by atoms with Crippen molar-refractivity contribution in [2.45, 2.75) is 123 Å². The fraction of sp³-hybridized carbons (Fsp3) is 0.778. The summed E-state index contributed by atoms with van der Waals surface area (Å²) in [6.45, 7) is 3.42. The molecule has 0 heterocycles. The highest BCUT2D eigenvalue weighted by Gasteiger charge is 1.99. The molecule has 1 rings (SSSR count). The first-order chi connectivity index (χ1) is 13.7. The lowest BCUT2D eigenvalue weighted by molar-refractivity contribution is -0.872. The predicted octanol–water partition coefficient (Wildman–Crippen LogP) is 4.14. The summed E-state index contributed by atoms with van der Waals surface area (Å²) in [5.74, 6) is 0. The SMILES string of the molecule is CCCCCCCCCCCCCCCCCCc1ccc(C[NH+](C)C)cc1.[Cl-]. The van der Waals surface area contributed by atoms with Gasteiger partial charge in [0.25, 0.3) is 0 Å². The lowest BCUT2D eigenvalue weighted by Crippen LogP contribution is -3.04. The van der Waals surface area contributed by atoms with Gasteiger partial charge in [0.1, 0.15) is 6.54 Å². The minimum atomic E-state index is 0.